The smallest absolute Gasteiger partial charge is 0.264 e. The molecule has 2 aromatic carbocycles. The van der Waals surface area contributed by atoms with Gasteiger partial charge in [-0.25, -0.2) is 21.6 Å². The van der Waals surface area contributed by atoms with Gasteiger partial charge >= 0.3 is 0 Å². The van der Waals surface area contributed by atoms with E-state index >= 15 is 0 Å². The molecular weight excluding hydrogens is 388 g/mol. The van der Waals surface area contributed by atoms with E-state index in [0.29, 0.717) is 16.8 Å². The van der Waals surface area contributed by atoms with Crippen LogP contribution in [0.1, 0.15) is 16.7 Å². The van der Waals surface area contributed by atoms with Crippen LogP contribution in [0.4, 0.5) is 5.69 Å². The third-order valence-electron chi connectivity index (χ3n) is 4.27. The lowest BCUT2D eigenvalue weighted by Gasteiger charge is -2.25. The van der Waals surface area contributed by atoms with Crippen molar-refractivity contribution in [3.63, 3.8) is 0 Å². The number of anilines is 1. The third-order valence-corrected chi connectivity index (χ3v) is 7.65. The Hall–Kier alpha value is -1.94. The van der Waals surface area contributed by atoms with Crippen molar-refractivity contribution in [3.05, 3.63) is 53.1 Å². The van der Waals surface area contributed by atoms with Crippen LogP contribution < -0.4 is 9.03 Å². The molecular formula is C18H24N2O5S2. The Morgan fingerprint density at radius 2 is 1.56 bits per heavy atom. The lowest BCUT2D eigenvalue weighted by Crippen LogP contribution is -2.30. The molecule has 27 heavy (non-hydrogen) atoms. The molecule has 0 aliphatic rings. The summed E-state index contributed by atoms with van der Waals surface area (Å²) in [6, 6.07) is 9.46. The summed E-state index contributed by atoms with van der Waals surface area (Å²) < 4.78 is 54.3. The fraction of sp³-hybridized carbons (Fsp3) is 0.333. The fourth-order valence-corrected chi connectivity index (χ4v) is 5.42. The number of nitrogens with one attached hydrogen (secondary N) is 1. The Balaban J connectivity index is 2.58. The van der Waals surface area contributed by atoms with Crippen LogP contribution in [0.25, 0.3) is 0 Å². The molecule has 0 aliphatic heterocycles. The quantitative estimate of drug-likeness (QED) is 0.720. The topological polar surface area (TPSA) is 104 Å². The summed E-state index contributed by atoms with van der Waals surface area (Å²) in [4.78, 5) is 0.101. The van der Waals surface area contributed by atoms with Gasteiger partial charge < -0.3 is 5.11 Å². The van der Waals surface area contributed by atoms with E-state index in [4.69, 9.17) is 5.11 Å². The van der Waals surface area contributed by atoms with E-state index < -0.39 is 20.0 Å². The van der Waals surface area contributed by atoms with Gasteiger partial charge in [0.1, 0.15) is 0 Å². The van der Waals surface area contributed by atoms with Crippen molar-refractivity contribution in [1.29, 1.82) is 0 Å². The predicted molar refractivity (Wildman–Crippen MR) is 105 cm³/mol. The number of nitrogens with zero attached hydrogens (tertiary/aromatic N) is 1. The molecule has 0 fully saturated rings. The highest BCUT2D eigenvalue weighted by Gasteiger charge is 2.27. The van der Waals surface area contributed by atoms with Gasteiger partial charge in [-0.3, -0.25) is 4.31 Å². The molecule has 0 bridgehead atoms. The molecule has 0 amide bonds. The minimum atomic E-state index is -3.87. The molecule has 2 aromatic rings. The van der Waals surface area contributed by atoms with Gasteiger partial charge in [0.2, 0.25) is 10.0 Å². The fourth-order valence-electron chi connectivity index (χ4n) is 2.84. The molecule has 9 heteroatoms. The number of hydrogen-bond donors (Lipinski definition) is 2. The van der Waals surface area contributed by atoms with E-state index in [0.717, 1.165) is 9.87 Å². The first-order valence-electron chi connectivity index (χ1n) is 8.28. The second-order valence-corrected chi connectivity index (χ2v) is 9.97. The molecule has 2 N–H and O–H groups in total. The molecule has 0 spiro atoms. The summed E-state index contributed by atoms with van der Waals surface area (Å²) in [5, 5.41) is 8.87. The van der Waals surface area contributed by atoms with Crippen LogP contribution in [-0.4, -0.2) is 42.1 Å². The van der Waals surface area contributed by atoms with Crippen molar-refractivity contribution in [1.82, 2.24) is 4.72 Å². The van der Waals surface area contributed by atoms with Crippen molar-refractivity contribution in [2.75, 3.05) is 24.5 Å². The van der Waals surface area contributed by atoms with Crippen molar-refractivity contribution < 1.29 is 21.9 Å². The summed E-state index contributed by atoms with van der Waals surface area (Å²) in [6.45, 7) is 4.70. The highest BCUT2D eigenvalue weighted by Crippen LogP contribution is 2.32. The summed E-state index contributed by atoms with van der Waals surface area (Å²) in [5.74, 6) is 0. The highest BCUT2D eigenvalue weighted by molar-refractivity contribution is 7.92. The average Bonchev–Trinajstić information content (AvgIpc) is 2.60. The van der Waals surface area contributed by atoms with Crippen LogP contribution in [0.15, 0.2) is 46.2 Å². The number of benzene rings is 2. The molecule has 0 aromatic heterocycles. The first-order chi connectivity index (χ1) is 12.5. The maximum atomic E-state index is 13.0. The minimum absolute atomic E-state index is 0.0255. The van der Waals surface area contributed by atoms with Crippen LogP contribution in [0.2, 0.25) is 0 Å². The molecule has 0 radical (unpaired) electrons. The van der Waals surface area contributed by atoms with E-state index in [1.165, 1.54) is 25.2 Å². The highest BCUT2D eigenvalue weighted by atomic mass is 32.2. The molecule has 0 saturated heterocycles. The number of aliphatic hydroxyl groups excluding tert-OH is 1. The number of rotatable bonds is 7. The predicted octanol–water partition coefficient (Wildman–Crippen LogP) is 1.71. The zero-order chi connectivity index (χ0) is 20.4. The molecule has 0 aliphatic carbocycles. The van der Waals surface area contributed by atoms with Gasteiger partial charge in [-0.2, -0.15) is 0 Å². The van der Waals surface area contributed by atoms with Gasteiger partial charge in [-0.05, 0) is 50.1 Å². The van der Waals surface area contributed by atoms with Gasteiger partial charge in [0.25, 0.3) is 10.0 Å². The van der Waals surface area contributed by atoms with Crippen molar-refractivity contribution >= 4 is 25.7 Å². The van der Waals surface area contributed by atoms with Crippen LogP contribution in [0.3, 0.4) is 0 Å². The van der Waals surface area contributed by atoms with Gasteiger partial charge in [0, 0.05) is 13.6 Å². The maximum Gasteiger partial charge on any atom is 0.264 e. The third kappa shape index (κ3) is 4.32. The van der Waals surface area contributed by atoms with Crippen LogP contribution in [-0.2, 0) is 20.0 Å². The van der Waals surface area contributed by atoms with E-state index in [9.17, 15) is 16.8 Å². The second-order valence-electron chi connectivity index (χ2n) is 6.26. The molecule has 0 saturated carbocycles. The zero-order valence-electron chi connectivity index (χ0n) is 15.7. The number of hydrogen-bond acceptors (Lipinski definition) is 5. The van der Waals surface area contributed by atoms with Crippen LogP contribution in [0.5, 0.6) is 0 Å². The number of aliphatic hydroxyl groups is 1. The zero-order valence-corrected chi connectivity index (χ0v) is 17.4. The molecule has 7 nitrogen and oxygen atoms in total. The molecule has 148 valence electrons. The SMILES string of the molecule is Cc1ccc(S(=O)(=O)N(C)c2c(C)ccc(S(=O)(=O)NCCO)c2C)cc1. The van der Waals surface area contributed by atoms with Crippen LogP contribution in [0, 0.1) is 20.8 Å². The van der Waals surface area contributed by atoms with Crippen molar-refractivity contribution in [2.45, 2.75) is 30.6 Å². The average molecular weight is 413 g/mol. The standard InChI is InChI=1S/C18H24N2O5S2/c1-13-5-8-16(9-6-13)27(24,25)20(4)18-14(2)7-10-17(15(18)3)26(22,23)19-11-12-21/h5-10,19,21H,11-12H2,1-4H3. The van der Waals surface area contributed by atoms with Gasteiger partial charge in [-0.15, -0.1) is 0 Å². The first-order valence-corrected chi connectivity index (χ1v) is 11.2. The monoisotopic (exact) mass is 412 g/mol. The Morgan fingerprint density at radius 3 is 2.11 bits per heavy atom. The van der Waals surface area contributed by atoms with E-state index in [-0.39, 0.29) is 22.9 Å². The molecule has 0 heterocycles. The Labute approximate surface area is 160 Å². The Bertz CT molecular complexity index is 1030. The normalized spacial score (nSPS) is 12.2. The largest absolute Gasteiger partial charge is 0.395 e. The lowest BCUT2D eigenvalue weighted by atomic mass is 10.1. The van der Waals surface area contributed by atoms with E-state index in [1.807, 2.05) is 6.92 Å². The number of aryl methyl sites for hydroxylation is 2. The molecule has 0 unspecified atom stereocenters. The van der Waals surface area contributed by atoms with Gasteiger partial charge in [0.05, 0.1) is 22.1 Å². The van der Waals surface area contributed by atoms with E-state index in [2.05, 4.69) is 4.72 Å². The van der Waals surface area contributed by atoms with Crippen molar-refractivity contribution in [3.8, 4) is 0 Å². The van der Waals surface area contributed by atoms with Gasteiger partial charge in [-0.1, -0.05) is 23.8 Å². The summed E-state index contributed by atoms with van der Waals surface area (Å²) in [5.41, 5.74) is 2.19. The first kappa shape index (κ1) is 21.4. The molecule has 2 rings (SSSR count). The number of sulfonamides is 2. The van der Waals surface area contributed by atoms with Gasteiger partial charge in [0.15, 0.2) is 0 Å². The van der Waals surface area contributed by atoms with E-state index in [1.54, 1.807) is 32.0 Å². The Kier molecular flexibility index (Phi) is 6.31. The van der Waals surface area contributed by atoms with Crippen molar-refractivity contribution in [2.24, 2.45) is 0 Å². The molecule has 0 atom stereocenters. The maximum absolute atomic E-state index is 13.0. The summed E-state index contributed by atoms with van der Waals surface area (Å²) in [7, 11) is -6.32. The summed E-state index contributed by atoms with van der Waals surface area (Å²) in [6.07, 6.45) is 0. The summed E-state index contributed by atoms with van der Waals surface area (Å²) >= 11 is 0. The second kappa shape index (κ2) is 7.97. The lowest BCUT2D eigenvalue weighted by molar-refractivity contribution is 0.301. The minimum Gasteiger partial charge on any atom is -0.395 e. The Morgan fingerprint density at radius 1 is 0.963 bits per heavy atom. The van der Waals surface area contributed by atoms with Crippen LogP contribution >= 0.6 is 0 Å².